The molecule has 0 saturated heterocycles. The second-order valence-corrected chi connectivity index (χ2v) is 4.74. The van der Waals surface area contributed by atoms with E-state index in [0.29, 0.717) is 11.8 Å². The molecule has 0 aliphatic heterocycles. The fraction of sp³-hybridized carbons (Fsp3) is 0.429. The Morgan fingerprint density at radius 3 is 2.62 bits per heavy atom. The number of fused-ring (bicyclic) bond motifs is 1. The van der Waals surface area contributed by atoms with E-state index in [-0.39, 0.29) is 0 Å². The van der Waals surface area contributed by atoms with Crippen LogP contribution in [-0.2, 0) is 0 Å². The van der Waals surface area contributed by atoms with E-state index in [0.717, 1.165) is 13.0 Å². The number of aromatic nitrogens is 1. The van der Waals surface area contributed by atoms with E-state index < -0.39 is 0 Å². The molecule has 2 heteroatoms. The summed E-state index contributed by atoms with van der Waals surface area (Å²) in [7, 11) is 0. The summed E-state index contributed by atoms with van der Waals surface area (Å²) in [5.74, 6) is 1.16. The predicted octanol–water partition coefficient (Wildman–Crippen LogP) is 3.26. The average Bonchev–Trinajstić information content (AvgIpc) is 2.68. The molecule has 2 nitrogen and oxygen atoms in total. The molecule has 2 rings (SSSR count). The van der Waals surface area contributed by atoms with Crippen LogP contribution in [0.15, 0.2) is 30.3 Å². The molecule has 0 saturated carbocycles. The lowest BCUT2D eigenvalue weighted by Crippen LogP contribution is -2.12. The van der Waals surface area contributed by atoms with Gasteiger partial charge in [-0.15, -0.1) is 0 Å². The molecule has 0 aliphatic rings. The standard InChI is InChI=1S/C14H20N2/c1-10(2)12(7-8-15)14-9-11-5-3-4-6-13(11)16-14/h3-6,9-10,12,16H,7-8,15H2,1-2H3/t12-/m1/s1. The van der Waals surface area contributed by atoms with Crippen LogP contribution >= 0.6 is 0 Å². The summed E-state index contributed by atoms with van der Waals surface area (Å²) in [6.45, 7) is 5.26. The Morgan fingerprint density at radius 1 is 1.25 bits per heavy atom. The van der Waals surface area contributed by atoms with Gasteiger partial charge in [-0.25, -0.2) is 0 Å². The Morgan fingerprint density at radius 2 is 2.00 bits per heavy atom. The second-order valence-electron chi connectivity index (χ2n) is 4.74. The molecule has 3 N–H and O–H groups in total. The predicted molar refractivity (Wildman–Crippen MR) is 69.5 cm³/mol. The molecule has 1 heterocycles. The molecule has 0 unspecified atom stereocenters. The Kier molecular flexibility index (Phi) is 3.30. The lowest BCUT2D eigenvalue weighted by Gasteiger charge is -2.18. The second kappa shape index (κ2) is 4.71. The van der Waals surface area contributed by atoms with E-state index in [4.69, 9.17) is 5.73 Å². The van der Waals surface area contributed by atoms with Gasteiger partial charge in [-0.2, -0.15) is 0 Å². The van der Waals surface area contributed by atoms with Crippen LogP contribution in [0.5, 0.6) is 0 Å². The van der Waals surface area contributed by atoms with Crippen molar-refractivity contribution in [2.45, 2.75) is 26.2 Å². The summed E-state index contributed by atoms with van der Waals surface area (Å²) >= 11 is 0. The van der Waals surface area contributed by atoms with Gasteiger partial charge in [-0.05, 0) is 36.4 Å². The maximum absolute atomic E-state index is 5.68. The van der Waals surface area contributed by atoms with Crippen LogP contribution in [0.2, 0.25) is 0 Å². The van der Waals surface area contributed by atoms with Gasteiger partial charge in [-0.3, -0.25) is 0 Å². The molecule has 0 amide bonds. The number of nitrogens with one attached hydrogen (secondary N) is 1. The van der Waals surface area contributed by atoms with Gasteiger partial charge in [0, 0.05) is 17.1 Å². The minimum atomic E-state index is 0.539. The molecule has 86 valence electrons. The third-order valence-electron chi connectivity index (χ3n) is 3.23. The zero-order chi connectivity index (χ0) is 11.5. The largest absolute Gasteiger partial charge is 0.358 e. The molecule has 0 radical (unpaired) electrons. The monoisotopic (exact) mass is 216 g/mol. The number of H-pyrrole nitrogens is 1. The minimum absolute atomic E-state index is 0.539. The van der Waals surface area contributed by atoms with Crippen molar-refractivity contribution < 1.29 is 0 Å². The van der Waals surface area contributed by atoms with Crippen molar-refractivity contribution in [2.75, 3.05) is 6.54 Å². The third-order valence-corrected chi connectivity index (χ3v) is 3.23. The lowest BCUT2D eigenvalue weighted by molar-refractivity contribution is 0.466. The van der Waals surface area contributed by atoms with Gasteiger partial charge in [0.05, 0.1) is 0 Å². The molecule has 1 atom stereocenters. The van der Waals surface area contributed by atoms with Gasteiger partial charge >= 0.3 is 0 Å². The first-order valence-electron chi connectivity index (χ1n) is 6.00. The third kappa shape index (κ3) is 2.12. The van der Waals surface area contributed by atoms with Crippen LogP contribution in [-0.4, -0.2) is 11.5 Å². The van der Waals surface area contributed by atoms with E-state index in [1.807, 2.05) is 0 Å². The number of aromatic amines is 1. The summed E-state index contributed by atoms with van der Waals surface area (Å²) in [6.07, 6.45) is 1.05. The number of rotatable bonds is 4. The molecule has 0 spiro atoms. The maximum Gasteiger partial charge on any atom is 0.0456 e. The van der Waals surface area contributed by atoms with Crippen molar-refractivity contribution >= 4 is 10.9 Å². The van der Waals surface area contributed by atoms with Gasteiger partial charge in [0.1, 0.15) is 0 Å². The molecule has 0 bridgehead atoms. The van der Waals surface area contributed by atoms with Gasteiger partial charge in [0.2, 0.25) is 0 Å². The summed E-state index contributed by atoms with van der Waals surface area (Å²) in [5, 5.41) is 1.29. The molecule has 0 aliphatic carbocycles. The van der Waals surface area contributed by atoms with E-state index in [1.165, 1.54) is 16.6 Å². The molecular formula is C14H20N2. The highest BCUT2D eigenvalue weighted by Gasteiger charge is 2.16. The lowest BCUT2D eigenvalue weighted by atomic mass is 9.89. The van der Waals surface area contributed by atoms with E-state index in [1.54, 1.807) is 0 Å². The minimum Gasteiger partial charge on any atom is -0.358 e. The Hall–Kier alpha value is -1.28. The van der Waals surface area contributed by atoms with Crippen LogP contribution in [0.25, 0.3) is 10.9 Å². The van der Waals surface area contributed by atoms with Crippen molar-refractivity contribution in [1.29, 1.82) is 0 Å². The van der Waals surface area contributed by atoms with Crippen molar-refractivity contribution in [1.82, 2.24) is 4.98 Å². The molecular weight excluding hydrogens is 196 g/mol. The van der Waals surface area contributed by atoms with Gasteiger partial charge in [0.15, 0.2) is 0 Å². The first kappa shape index (κ1) is 11.2. The first-order chi connectivity index (χ1) is 7.72. The summed E-state index contributed by atoms with van der Waals surface area (Å²) in [6, 6.07) is 10.7. The molecule has 16 heavy (non-hydrogen) atoms. The molecule has 2 aromatic rings. The SMILES string of the molecule is CC(C)[C@@H](CCN)c1cc2ccccc2[nH]1. The summed E-state index contributed by atoms with van der Waals surface area (Å²) < 4.78 is 0. The van der Waals surface area contributed by atoms with Crippen LogP contribution in [0.3, 0.4) is 0 Å². The highest BCUT2D eigenvalue weighted by Crippen LogP contribution is 2.29. The number of para-hydroxylation sites is 1. The van der Waals surface area contributed by atoms with Gasteiger partial charge in [-0.1, -0.05) is 32.0 Å². The highest BCUT2D eigenvalue weighted by atomic mass is 14.7. The van der Waals surface area contributed by atoms with Crippen molar-refractivity contribution in [3.63, 3.8) is 0 Å². The van der Waals surface area contributed by atoms with Crippen molar-refractivity contribution in [3.8, 4) is 0 Å². The fourth-order valence-electron chi connectivity index (χ4n) is 2.32. The smallest absolute Gasteiger partial charge is 0.0456 e. The number of benzene rings is 1. The van der Waals surface area contributed by atoms with Crippen molar-refractivity contribution in [3.05, 3.63) is 36.0 Å². The maximum atomic E-state index is 5.68. The Bertz CT molecular complexity index is 423. The van der Waals surface area contributed by atoms with Crippen molar-refractivity contribution in [2.24, 2.45) is 11.7 Å². The quantitative estimate of drug-likeness (QED) is 0.809. The number of hydrogen-bond donors (Lipinski definition) is 2. The highest BCUT2D eigenvalue weighted by molar-refractivity contribution is 5.80. The van der Waals surface area contributed by atoms with Crippen LogP contribution in [0.4, 0.5) is 0 Å². The van der Waals surface area contributed by atoms with Crippen LogP contribution in [0.1, 0.15) is 31.9 Å². The summed E-state index contributed by atoms with van der Waals surface area (Å²) in [4.78, 5) is 3.51. The van der Waals surface area contributed by atoms with Crippen LogP contribution in [0, 0.1) is 5.92 Å². The van der Waals surface area contributed by atoms with Crippen LogP contribution < -0.4 is 5.73 Å². The topological polar surface area (TPSA) is 41.8 Å². The number of nitrogens with two attached hydrogens (primary N) is 1. The summed E-state index contributed by atoms with van der Waals surface area (Å²) in [5.41, 5.74) is 8.23. The van der Waals surface area contributed by atoms with Gasteiger partial charge in [0.25, 0.3) is 0 Å². The zero-order valence-corrected chi connectivity index (χ0v) is 10.0. The number of hydrogen-bond acceptors (Lipinski definition) is 1. The molecule has 0 fully saturated rings. The van der Waals surface area contributed by atoms with Gasteiger partial charge < -0.3 is 10.7 Å². The zero-order valence-electron chi connectivity index (χ0n) is 10.0. The average molecular weight is 216 g/mol. The van der Waals surface area contributed by atoms with E-state index in [2.05, 4.69) is 49.2 Å². The van der Waals surface area contributed by atoms with E-state index in [9.17, 15) is 0 Å². The first-order valence-corrected chi connectivity index (χ1v) is 6.00. The van der Waals surface area contributed by atoms with E-state index >= 15 is 0 Å². The molecule has 1 aromatic heterocycles. The molecule has 1 aromatic carbocycles. The Balaban J connectivity index is 2.37. The normalized spacial score (nSPS) is 13.5. The Labute approximate surface area is 96.9 Å². The fourth-order valence-corrected chi connectivity index (χ4v) is 2.32.